The number of pyridine rings is 1. The number of amides is 1. The smallest absolute Gasteiger partial charge is 0.280 e. The van der Waals surface area contributed by atoms with Gasteiger partial charge in [-0.3, -0.25) is 9.69 Å². The average molecular weight is 384 g/mol. The SMILES string of the molecule is Cc1ncc(N2Cc3cn(-c4ccc(N5CC[C@@H](F)C5)nc4)nc3C2=O)s1. The van der Waals surface area contributed by atoms with Crippen molar-refractivity contribution < 1.29 is 9.18 Å². The third-order valence-corrected chi connectivity index (χ3v) is 5.83. The predicted molar refractivity (Wildman–Crippen MR) is 100 cm³/mol. The number of alkyl halides is 1. The Kier molecular flexibility index (Phi) is 3.71. The van der Waals surface area contributed by atoms with Crippen LogP contribution in [0.2, 0.25) is 0 Å². The molecule has 3 aromatic heterocycles. The molecule has 0 spiro atoms. The lowest BCUT2D eigenvalue weighted by atomic mass is 10.3. The maximum absolute atomic E-state index is 13.4. The van der Waals surface area contributed by atoms with Gasteiger partial charge in [-0.15, -0.1) is 11.3 Å². The molecule has 1 atom stereocenters. The minimum Gasteiger partial charge on any atom is -0.354 e. The number of aryl methyl sites for hydroxylation is 1. The second-order valence-corrected chi connectivity index (χ2v) is 7.98. The molecule has 2 aliphatic rings. The fraction of sp³-hybridized carbons (Fsp3) is 0.333. The summed E-state index contributed by atoms with van der Waals surface area (Å²) in [6.07, 6.45) is 5.06. The largest absolute Gasteiger partial charge is 0.354 e. The van der Waals surface area contributed by atoms with E-state index in [2.05, 4.69) is 15.1 Å². The number of thiazole rings is 1. The number of anilines is 2. The Hall–Kier alpha value is -2.81. The number of carbonyl (C=O) groups excluding carboxylic acids is 1. The van der Waals surface area contributed by atoms with Gasteiger partial charge in [-0.2, -0.15) is 5.10 Å². The van der Waals surface area contributed by atoms with Gasteiger partial charge in [0.15, 0.2) is 5.69 Å². The number of hydrogen-bond acceptors (Lipinski definition) is 6. The van der Waals surface area contributed by atoms with Gasteiger partial charge in [-0.25, -0.2) is 19.0 Å². The molecule has 1 amide bonds. The Balaban J connectivity index is 1.37. The summed E-state index contributed by atoms with van der Waals surface area (Å²) in [5.41, 5.74) is 2.12. The summed E-state index contributed by atoms with van der Waals surface area (Å²) in [5.74, 6) is 0.657. The van der Waals surface area contributed by atoms with Gasteiger partial charge < -0.3 is 4.90 Å². The number of carbonyl (C=O) groups is 1. The topological polar surface area (TPSA) is 67.2 Å². The van der Waals surface area contributed by atoms with Crippen LogP contribution in [0.3, 0.4) is 0 Å². The monoisotopic (exact) mass is 384 g/mol. The van der Waals surface area contributed by atoms with Crippen LogP contribution in [0, 0.1) is 6.92 Å². The van der Waals surface area contributed by atoms with Crippen LogP contribution in [0.15, 0.2) is 30.7 Å². The molecule has 3 aromatic rings. The Bertz CT molecular complexity index is 1010. The Morgan fingerprint density at radius 1 is 1.26 bits per heavy atom. The molecular formula is C18H17FN6OS. The quantitative estimate of drug-likeness (QED) is 0.695. The third kappa shape index (κ3) is 2.78. The summed E-state index contributed by atoms with van der Waals surface area (Å²) in [4.78, 5) is 25.0. The highest BCUT2D eigenvalue weighted by atomic mass is 32.1. The van der Waals surface area contributed by atoms with Gasteiger partial charge in [-0.1, -0.05) is 0 Å². The lowest BCUT2D eigenvalue weighted by Gasteiger charge is -2.16. The molecule has 138 valence electrons. The molecule has 5 heterocycles. The van der Waals surface area contributed by atoms with E-state index < -0.39 is 6.17 Å². The second-order valence-electron chi connectivity index (χ2n) is 6.76. The van der Waals surface area contributed by atoms with E-state index in [1.54, 1.807) is 22.0 Å². The molecule has 1 fully saturated rings. The van der Waals surface area contributed by atoms with Crippen LogP contribution in [0.25, 0.3) is 5.69 Å². The highest BCUT2D eigenvalue weighted by Crippen LogP contribution is 2.32. The van der Waals surface area contributed by atoms with Gasteiger partial charge in [-0.05, 0) is 25.5 Å². The molecule has 2 aliphatic heterocycles. The zero-order valence-electron chi connectivity index (χ0n) is 14.7. The van der Waals surface area contributed by atoms with Gasteiger partial charge in [0.1, 0.15) is 17.0 Å². The second kappa shape index (κ2) is 6.12. The molecule has 0 aromatic carbocycles. The normalized spacial score (nSPS) is 19.2. The molecule has 1 saturated heterocycles. The van der Waals surface area contributed by atoms with E-state index in [-0.39, 0.29) is 5.91 Å². The molecule has 0 radical (unpaired) electrons. The van der Waals surface area contributed by atoms with Crippen LogP contribution in [0.5, 0.6) is 0 Å². The first-order chi connectivity index (χ1) is 13.1. The first-order valence-electron chi connectivity index (χ1n) is 8.77. The first-order valence-corrected chi connectivity index (χ1v) is 9.58. The zero-order chi connectivity index (χ0) is 18.5. The van der Waals surface area contributed by atoms with Crippen molar-refractivity contribution in [2.24, 2.45) is 0 Å². The molecule has 0 bridgehead atoms. The Morgan fingerprint density at radius 2 is 2.15 bits per heavy atom. The number of fused-ring (bicyclic) bond motifs is 1. The molecule has 0 saturated carbocycles. The number of hydrogen-bond donors (Lipinski definition) is 0. The zero-order valence-corrected chi connectivity index (χ0v) is 15.5. The Morgan fingerprint density at radius 3 is 2.78 bits per heavy atom. The van der Waals surface area contributed by atoms with Crippen molar-refractivity contribution in [1.82, 2.24) is 19.7 Å². The van der Waals surface area contributed by atoms with Gasteiger partial charge in [0.05, 0.1) is 36.2 Å². The van der Waals surface area contributed by atoms with Gasteiger partial charge in [0.25, 0.3) is 5.91 Å². The van der Waals surface area contributed by atoms with Gasteiger partial charge >= 0.3 is 0 Å². The number of rotatable bonds is 3. The lowest BCUT2D eigenvalue weighted by Crippen LogP contribution is -2.23. The highest BCUT2D eigenvalue weighted by Gasteiger charge is 2.33. The van der Waals surface area contributed by atoms with E-state index in [4.69, 9.17) is 0 Å². The van der Waals surface area contributed by atoms with E-state index in [1.807, 2.05) is 30.2 Å². The number of aromatic nitrogens is 4. The highest BCUT2D eigenvalue weighted by molar-refractivity contribution is 7.15. The number of halogens is 1. The summed E-state index contributed by atoms with van der Waals surface area (Å²) in [7, 11) is 0. The van der Waals surface area contributed by atoms with Crippen LogP contribution < -0.4 is 9.80 Å². The van der Waals surface area contributed by atoms with E-state index >= 15 is 0 Å². The van der Waals surface area contributed by atoms with E-state index in [0.717, 1.165) is 27.1 Å². The minimum atomic E-state index is -0.781. The molecular weight excluding hydrogens is 367 g/mol. The fourth-order valence-electron chi connectivity index (χ4n) is 3.49. The van der Waals surface area contributed by atoms with Crippen molar-refractivity contribution in [3.8, 4) is 5.69 Å². The number of nitrogens with zero attached hydrogens (tertiary/aromatic N) is 6. The molecule has 5 rings (SSSR count). The van der Waals surface area contributed by atoms with Crippen molar-refractivity contribution in [2.75, 3.05) is 22.9 Å². The molecule has 0 N–H and O–H groups in total. The fourth-order valence-corrected chi connectivity index (χ4v) is 4.26. The molecule has 0 aliphatic carbocycles. The van der Waals surface area contributed by atoms with Crippen molar-refractivity contribution in [3.05, 3.63) is 47.0 Å². The molecule has 9 heteroatoms. The average Bonchev–Trinajstić information content (AvgIpc) is 3.42. The van der Waals surface area contributed by atoms with Crippen LogP contribution >= 0.6 is 11.3 Å². The molecule has 0 unspecified atom stereocenters. The van der Waals surface area contributed by atoms with Crippen LogP contribution in [-0.4, -0.2) is 44.9 Å². The van der Waals surface area contributed by atoms with Gasteiger partial charge in [0, 0.05) is 18.3 Å². The summed E-state index contributed by atoms with van der Waals surface area (Å²) in [6, 6.07) is 3.76. The third-order valence-electron chi connectivity index (χ3n) is 4.89. The Labute approximate surface area is 159 Å². The maximum atomic E-state index is 13.4. The van der Waals surface area contributed by atoms with Crippen molar-refractivity contribution in [1.29, 1.82) is 0 Å². The molecule has 27 heavy (non-hydrogen) atoms. The summed E-state index contributed by atoms with van der Waals surface area (Å²) < 4.78 is 15.0. The van der Waals surface area contributed by atoms with E-state index in [1.165, 1.54) is 11.3 Å². The van der Waals surface area contributed by atoms with E-state index in [0.29, 0.717) is 31.7 Å². The van der Waals surface area contributed by atoms with Crippen LogP contribution in [0.1, 0.15) is 27.5 Å². The van der Waals surface area contributed by atoms with Crippen molar-refractivity contribution in [2.45, 2.75) is 26.1 Å². The lowest BCUT2D eigenvalue weighted by molar-refractivity contribution is 0.0992. The summed E-state index contributed by atoms with van der Waals surface area (Å²) >= 11 is 1.50. The first kappa shape index (κ1) is 16.4. The predicted octanol–water partition coefficient (Wildman–Crippen LogP) is 2.74. The van der Waals surface area contributed by atoms with Crippen LogP contribution in [0.4, 0.5) is 15.2 Å². The van der Waals surface area contributed by atoms with Crippen molar-refractivity contribution >= 4 is 28.1 Å². The molecule has 7 nitrogen and oxygen atoms in total. The van der Waals surface area contributed by atoms with E-state index in [9.17, 15) is 9.18 Å². The summed E-state index contributed by atoms with van der Waals surface area (Å²) in [6.45, 7) is 3.49. The van der Waals surface area contributed by atoms with Gasteiger partial charge in [0.2, 0.25) is 0 Å². The van der Waals surface area contributed by atoms with Crippen molar-refractivity contribution in [3.63, 3.8) is 0 Å². The van der Waals surface area contributed by atoms with Crippen LogP contribution in [-0.2, 0) is 6.54 Å². The standard InChI is InChI=1S/C18H17FN6OS/c1-11-20-7-16(27-11)24-8-12-9-25(22-17(12)18(24)26)14-2-3-15(21-6-14)23-5-4-13(19)10-23/h2-3,6-7,9,13H,4-5,8,10H2,1H3/t13-/m1/s1. The minimum absolute atomic E-state index is 0.108. The summed E-state index contributed by atoms with van der Waals surface area (Å²) in [5, 5.41) is 6.22. The maximum Gasteiger partial charge on any atom is 0.280 e.